The molecule has 0 atom stereocenters. The summed E-state index contributed by atoms with van der Waals surface area (Å²) in [5.74, 6) is 1.43. The van der Waals surface area contributed by atoms with Crippen molar-refractivity contribution < 1.29 is 4.74 Å². The molecule has 0 aliphatic carbocycles. The molecule has 8 heteroatoms. The molecule has 150 valence electrons. The molecule has 0 unspecified atom stereocenters. The Morgan fingerprint density at radius 3 is 2.67 bits per heavy atom. The Hall–Kier alpha value is -3.29. The van der Waals surface area contributed by atoms with Gasteiger partial charge in [-0.15, -0.1) is 0 Å². The number of hydrogen-bond acceptors (Lipinski definition) is 7. The van der Waals surface area contributed by atoms with Crippen molar-refractivity contribution in [3.05, 3.63) is 66.1 Å². The van der Waals surface area contributed by atoms with Crippen LogP contribution >= 0.6 is 11.6 Å². The number of hydrogen-bond donors (Lipinski definition) is 1. The van der Waals surface area contributed by atoms with Gasteiger partial charge in [-0.3, -0.25) is 4.98 Å². The number of ether oxygens (including phenoxy) is 1. The van der Waals surface area contributed by atoms with Crippen molar-refractivity contribution in [1.29, 1.82) is 0 Å². The van der Waals surface area contributed by atoms with Crippen molar-refractivity contribution in [3.63, 3.8) is 0 Å². The molecule has 1 fully saturated rings. The fraction of sp³-hybridized carbons (Fsp3) is 0.182. The van der Waals surface area contributed by atoms with Gasteiger partial charge in [0.15, 0.2) is 0 Å². The van der Waals surface area contributed by atoms with Gasteiger partial charge in [-0.2, -0.15) is 0 Å². The second-order valence-electron chi connectivity index (χ2n) is 6.93. The third kappa shape index (κ3) is 3.90. The van der Waals surface area contributed by atoms with E-state index >= 15 is 0 Å². The lowest BCUT2D eigenvalue weighted by Gasteiger charge is -2.27. The van der Waals surface area contributed by atoms with Crippen LogP contribution < -0.4 is 10.2 Å². The number of morpholine rings is 1. The first kappa shape index (κ1) is 18.7. The van der Waals surface area contributed by atoms with Crippen LogP contribution in [-0.4, -0.2) is 46.2 Å². The Balaban J connectivity index is 1.43. The van der Waals surface area contributed by atoms with Crippen molar-refractivity contribution in [1.82, 2.24) is 19.9 Å². The second-order valence-corrected chi connectivity index (χ2v) is 7.37. The standard InChI is InChI=1S/C22H19ClN6O/c23-17-3-1-2-15(12-17)20-21-16(6-7-24-20)13-26-22(28-21)27-18-4-5-19(25-14-18)29-8-10-30-11-9-29/h1-7,12-14H,8-11H2,(H,26,27,28). The van der Waals surface area contributed by atoms with Crippen LogP contribution in [-0.2, 0) is 4.74 Å². The molecule has 0 spiro atoms. The van der Waals surface area contributed by atoms with E-state index in [-0.39, 0.29) is 0 Å². The molecule has 0 amide bonds. The number of aromatic nitrogens is 4. The number of pyridine rings is 2. The fourth-order valence-corrected chi connectivity index (χ4v) is 3.62. The van der Waals surface area contributed by atoms with Gasteiger partial charge < -0.3 is 15.0 Å². The summed E-state index contributed by atoms with van der Waals surface area (Å²) in [7, 11) is 0. The Bertz CT molecular complexity index is 1180. The van der Waals surface area contributed by atoms with E-state index < -0.39 is 0 Å². The van der Waals surface area contributed by atoms with Gasteiger partial charge in [0, 0.05) is 41.5 Å². The van der Waals surface area contributed by atoms with Crippen LogP contribution in [0.1, 0.15) is 0 Å². The van der Waals surface area contributed by atoms with E-state index in [1.165, 1.54) is 0 Å². The number of nitrogens with zero attached hydrogens (tertiary/aromatic N) is 5. The highest BCUT2D eigenvalue weighted by Gasteiger charge is 2.13. The van der Waals surface area contributed by atoms with Gasteiger partial charge in [0.05, 0.1) is 30.8 Å². The minimum atomic E-state index is 0.486. The fourth-order valence-electron chi connectivity index (χ4n) is 3.43. The van der Waals surface area contributed by atoms with Crippen LogP contribution in [0.3, 0.4) is 0 Å². The minimum absolute atomic E-state index is 0.486. The summed E-state index contributed by atoms with van der Waals surface area (Å²) in [5.41, 5.74) is 3.25. The maximum Gasteiger partial charge on any atom is 0.227 e. The molecule has 0 saturated carbocycles. The molecule has 1 saturated heterocycles. The number of anilines is 3. The molecule has 1 N–H and O–H groups in total. The number of halogens is 1. The van der Waals surface area contributed by atoms with E-state index in [1.807, 2.05) is 42.5 Å². The Labute approximate surface area is 178 Å². The summed E-state index contributed by atoms with van der Waals surface area (Å²) in [6, 6.07) is 13.5. The maximum atomic E-state index is 6.16. The normalized spacial score (nSPS) is 14.1. The van der Waals surface area contributed by atoms with Crippen molar-refractivity contribution in [2.24, 2.45) is 0 Å². The highest BCUT2D eigenvalue weighted by atomic mass is 35.5. The summed E-state index contributed by atoms with van der Waals surface area (Å²) in [4.78, 5) is 20.4. The predicted molar refractivity (Wildman–Crippen MR) is 118 cm³/mol. The van der Waals surface area contributed by atoms with Crippen molar-refractivity contribution >= 4 is 40.0 Å². The zero-order valence-corrected chi connectivity index (χ0v) is 16.9. The molecule has 1 aromatic carbocycles. The average Bonchev–Trinajstić information content (AvgIpc) is 2.80. The maximum absolute atomic E-state index is 6.16. The lowest BCUT2D eigenvalue weighted by molar-refractivity contribution is 0.122. The first-order valence-electron chi connectivity index (χ1n) is 9.70. The smallest absolute Gasteiger partial charge is 0.227 e. The molecule has 3 aromatic heterocycles. The molecule has 1 aliphatic heterocycles. The van der Waals surface area contributed by atoms with Gasteiger partial charge >= 0.3 is 0 Å². The molecular weight excluding hydrogens is 400 g/mol. The van der Waals surface area contributed by atoms with Gasteiger partial charge in [0.2, 0.25) is 5.95 Å². The minimum Gasteiger partial charge on any atom is -0.378 e. The zero-order valence-electron chi connectivity index (χ0n) is 16.1. The summed E-state index contributed by atoms with van der Waals surface area (Å²) >= 11 is 6.16. The summed E-state index contributed by atoms with van der Waals surface area (Å²) in [6.45, 7) is 3.17. The summed E-state index contributed by atoms with van der Waals surface area (Å²) in [5, 5.41) is 4.80. The average molecular weight is 419 g/mol. The predicted octanol–water partition coefficient (Wildman–Crippen LogP) is 4.32. The third-order valence-electron chi connectivity index (χ3n) is 4.94. The quantitative estimate of drug-likeness (QED) is 0.528. The van der Waals surface area contributed by atoms with Crippen LogP contribution in [0, 0.1) is 0 Å². The van der Waals surface area contributed by atoms with E-state index in [2.05, 4.69) is 25.2 Å². The Morgan fingerprint density at radius 2 is 1.87 bits per heavy atom. The monoisotopic (exact) mass is 418 g/mol. The van der Waals surface area contributed by atoms with Crippen molar-refractivity contribution in [3.8, 4) is 11.3 Å². The molecule has 5 rings (SSSR count). The zero-order chi connectivity index (χ0) is 20.3. The van der Waals surface area contributed by atoms with Gasteiger partial charge in [0.25, 0.3) is 0 Å². The number of fused-ring (bicyclic) bond motifs is 1. The highest BCUT2D eigenvalue weighted by molar-refractivity contribution is 6.30. The molecule has 0 radical (unpaired) electrons. The molecule has 4 heterocycles. The topological polar surface area (TPSA) is 76.1 Å². The van der Waals surface area contributed by atoms with Gasteiger partial charge in [-0.1, -0.05) is 23.7 Å². The van der Waals surface area contributed by atoms with Gasteiger partial charge in [-0.25, -0.2) is 15.0 Å². The SMILES string of the molecule is Clc1cccc(-c2nccc3cnc(Nc4ccc(N5CCOCC5)nc4)nc23)c1. The van der Waals surface area contributed by atoms with Crippen molar-refractivity contribution in [2.75, 3.05) is 36.5 Å². The second kappa shape index (κ2) is 8.22. The summed E-state index contributed by atoms with van der Waals surface area (Å²) in [6.07, 6.45) is 5.33. The van der Waals surface area contributed by atoms with Gasteiger partial charge in [0.1, 0.15) is 11.3 Å². The van der Waals surface area contributed by atoms with Crippen molar-refractivity contribution in [2.45, 2.75) is 0 Å². The number of benzene rings is 1. The van der Waals surface area contributed by atoms with Crippen LogP contribution in [0.5, 0.6) is 0 Å². The molecule has 4 aromatic rings. The van der Waals surface area contributed by atoms with E-state index in [9.17, 15) is 0 Å². The molecular formula is C22H19ClN6O. The van der Waals surface area contributed by atoms with Crippen LogP contribution in [0.4, 0.5) is 17.5 Å². The van der Waals surface area contributed by atoms with E-state index in [4.69, 9.17) is 21.3 Å². The first-order chi connectivity index (χ1) is 14.8. The Morgan fingerprint density at radius 1 is 0.967 bits per heavy atom. The van der Waals surface area contributed by atoms with E-state index in [1.54, 1.807) is 18.6 Å². The largest absolute Gasteiger partial charge is 0.378 e. The van der Waals surface area contributed by atoms with E-state index in [0.717, 1.165) is 60.0 Å². The molecule has 1 aliphatic rings. The molecule has 30 heavy (non-hydrogen) atoms. The van der Waals surface area contributed by atoms with Crippen LogP contribution in [0.25, 0.3) is 22.2 Å². The number of rotatable bonds is 4. The lowest BCUT2D eigenvalue weighted by atomic mass is 10.1. The molecule has 7 nitrogen and oxygen atoms in total. The first-order valence-corrected chi connectivity index (χ1v) is 10.1. The number of nitrogens with one attached hydrogen (secondary N) is 1. The van der Waals surface area contributed by atoms with Crippen LogP contribution in [0.2, 0.25) is 5.02 Å². The van der Waals surface area contributed by atoms with E-state index in [0.29, 0.717) is 11.0 Å². The molecule has 0 bridgehead atoms. The highest BCUT2D eigenvalue weighted by Crippen LogP contribution is 2.28. The van der Waals surface area contributed by atoms with Crippen LogP contribution in [0.15, 0.2) is 61.1 Å². The summed E-state index contributed by atoms with van der Waals surface area (Å²) < 4.78 is 5.40. The van der Waals surface area contributed by atoms with Gasteiger partial charge in [-0.05, 0) is 30.3 Å². The lowest BCUT2D eigenvalue weighted by Crippen LogP contribution is -2.36. The Kier molecular flexibility index (Phi) is 5.13. The third-order valence-corrected chi connectivity index (χ3v) is 5.17.